The maximum Gasteiger partial charge on any atom is 0.123 e. The van der Waals surface area contributed by atoms with Gasteiger partial charge in [0.25, 0.3) is 0 Å². The van der Waals surface area contributed by atoms with Crippen LogP contribution in [0.4, 0.5) is 0 Å². The summed E-state index contributed by atoms with van der Waals surface area (Å²) in [4.78, 5) is 0. The highest BCUT2D eigenvalue weighted by molar-refractivity contribution is 9.10. The lowest BCUT2D eigenvalue weighted by Crippen LogP contribution is -2.20. The molecule has 0 spiro atoms. The Hall–Kier alpha value is -0.580. The van der Waals surface area contributed by atoms with Crippen molar-refractivity contribution in [1.29, 1.82) is 0 Å². The molecule has 3 nitrogen and oxygen atoms in total. The summed E-state index contributed by atoms with van der Waals surface area (Å²) < 4.78 is 6.77. The second kappa shape index (κ2) is 5.66. The molecule has 0 radical (unpaired) electrons. The van der Waals surface area contributed by atoms with Crippen LogP contribution in [-0.4, -0.2) is 11.8 Å². The third kappa shape index (κ3) is 2.97. The van der Waals surface area contributed by atoms with Crippen LogP contribution in [0.3, 0.4) is 0 Å². The van der Waals surface area contributed by atoms with Crippen molar-refractivity contribution >= 4 is 15.9 Å². The molecule has 2 rings (SSSR count). The van der Waals surface area contributed by atoms with Crippen molar-refractivity contribution < 1.29 is 9.94 Å². The van der Waals surface area contributed by atoms with E-state index >= 15 is 0 Å². The summed E-state index contributed by atoms with van der Waals surface area (Å²) in [5.41, 5.74) is 3.14. The molecule has 16 heavy (non-hydrogen) atoms. The Labute approximate surface area is 104 Å². The van der Waals surface area contributed by atoms with Crippen LogP contribution in [0.5, 0.6) is 5.75 Å². The summed E-state index contributed by atoms with van der Waals surface area (Å²) in [7, 11) is 0. The van der Waals surface area contributed by atoms with Gasteiger partial charge in [-0.15, -0.1) is 0 Å². The number of halogens is 1. The predicted octanol–water partition coefficient (Wildman–Crippen LogP) is 3.11. The van der Waals surface area contributed by atoms with Gasteiger partial charge in [-0.25, -0.2) is 5.48 Å². The smallest absolute Gasteiger partial charge is 0.123 e. The van der Waals surface area contributed by atoms with Crippen LogP contribution in [0, 0.1) is 5.92 Å². The molecule has 1 aromatic rings. The number of hydrogen-bond donors (Lipinski definition) is 2. The second-order valence-corrected chi connectivity index (χ2v) is 5.11. The van der Waals surface area contributed by atoms with E-state index in [4.69, 9.17) is 9.94 Å². The van der Waals surface area contributed by atoms with Gasteiger partial charge in [0.05, 0.1) is 6.61 Å². The number of nitrogens with one attached hydrogen (secondary N) is 1. The molecule has 0 amide bonds. The van der Waals surface area contributed by atoms with E-state index in [1.807, 2.05) is 18.2 Å². The molecule has 1 fully saturated rings. The SMILES string of the molecule is ONCc1cc(Br)ccc1OCC1CCC1. The lowest BCUT2D eigenvalue weighted by Gasteiger charge is -2.25. The Morgan fingerprint density at radius 1 is 1.44 bits per heavy atom. The molecule has 1 aliphatic rings. The molecule has 0 bridgehead atoms. The molecule has 0 aliphatic heterocycles. The highest BCUT2D eigenvalue weighted by Crippen LogP contribution is 2.29. The van der Waals surface area contributed by atoms with Crippen molar-refractivity contribution in [2.75, 3.05) is 6.61 Å². The lowest BCUT2D eigenvalue weighted by atomic mass is 9.86. The first-order valence-electron chi connectivity index (χ1n) is 5.58. The van der Waals surface area contributed by atoms with Crippen molar-refractivity contribution in [3.05, 3.63) is 28.2 Å². The average Bonchev–Trinajstić information content (AvgIpc) is 2.19. The van der Waals surface area contributed by atoms with Crippen molar-refractivity contribution in [2.24, 2.45) is 5.92 Å². The Balaban J connectivity index is 1.99. The molecule has 0 saturated heterocycles. The molecule has 1 saturated carbocycles. The lowest BCUT2D eigenvalue weighted by molar-refractivity contribution is 0.155. The van der Waals surface area contributed by atoms with E-state index in [-0.39, 0.29) is 0 Å². The summed E-state index contributed by atoms with van der Waals surface area (Å²) in [5.74, 6) is 1.58. The number of ether oxygens (including phenoxy) is 1. The predicted molar refractivity (Wildman–Crippen MR) is 65.6 cm³/mol. The second-order valence-electron chi connectivity index (χ2n) is 4.19. The van der Waals surface area contributed by atoms with Crippen LogP contribution in [0.2, 0.25) is 0 Å². The molecule has 4 heteroatoms. The van der Waals surface area contributed by atoms with Gasteiger partial charge in [0.15, 0.2) is 0 Å². The van der Waals surface area contributed by atoms with Gasteiger partial charge >= 0.3 is 0 Å². The topological polar surface area (TPSA) is 41.5 Å². The fourth-order valence-corrected chi connectivity index (χ4v) is 2.19. The zero-order valence-corrected chi connectivity index (χ0v) is 10.7. The van der Waals surface area contributed by atoms with E-state index in [9.17, 15) is 0 Å². The van der Waals surface area contributed by atoms with Crippen LogP contribution in [0.25, 0.3) is 0 Å². The Bertz CT molecular complexity index is 353. The Kier molecular flexibility index (Phi) is 4.21. The van der Waals surface area contributed by atoms with Crippen LogP contribution >= 0.6 is 15.9 Å². The number of hydroxylamine groups is 1. The van der Waals surface area contributed by atoms with Crippen LogP contribution in [-0.2, 0) is 6.54 Å². The Morgan fingerprint density at radius 2 is 2.25 bits per heavy atom. The van der Waals surface area contributed by atoms with E-state index in [1.54, 1.807) is 0 Å². The number of hydrogen-bond acceptors (Lipinski definition) is 3. The molecule has 88 valence electrons. The van der Waals surface area contributed by atoms with Crippen LogP contribution in [0.15, 0.2) is 22.7 Å². The molecule has 0 aromatic heterocycles. The Morgan fingerprint density at radius 3 is 2.88 bits per heavy atom. The van der Waals surface area contributed by atoms with Gasteiger partial charge in [0.1, 0.15) is 5.75 Å². The third-order valence-corrected chi connectivity index (χ3v) is 3.48. The van der Waals surface area contributed by atoms with Gasteiger partial charge < -0.3 is 9.94 Å². The van der Waals surface area contributed by atoms with Gasteiger partial charge in [-0.3, -0.25) is 0 Å². The molecule has 0 atom stereocenters. The maximum absolute atomic E-state index is 8.75. The van der Waals surface area contributed by atoms with Crippen LogP contribution in [0.1, 0.15) is 24.8 Å². The van der Waals surface area contributed by atoms with E-state index in [2.05, 4.69) is 21.4 Å². The molecule has 1 aliphatic carbocycles. The summed E-state index contributed by atoms with van der Waals surface area (Å²) in [6, 6.07) is 5.85. The van der Waals surface area contributed by atoms with Crippen molar-refractivity contribution in [2.45, 2.75) is 25.8 Å². The summed E-state index contributed by atoms with van der Waals surface area (Å²) >= 11 is 3.41. The van der Waals surface area contributed by atoms with E-state index in [0.717, 1.165) is 28.3 Å². The van der Waals surface area contributed by atoms with E-state index < -0.39 is 0 Å². The zero-order chi connectivity index (χ0) is 11.4. The average molecular weight is 286 g/mol. The van der Waals surface area contributed by atoms with E-state index in [1.165, 1.54) is 19.3 Å². The van der Waals surface area contributed by atoms with Gasteiger partial charge in [-0.2, -0.15) is 0 Å². The van der Waals surface area contributed by atoms with E-state index in [0.29, 0.717) is 6.54 Å². The quantitative estimate of drug-likeness (QED) is 0.817. The number of benzene rings is 1. The normalized spacial score (nSPS) is 15.9. The van der Waals surface area contributed by atoms with Gasteiger partial charge in [0.2, 0.25) is 0 Å². The molecule has 0 heterocycles. The monoisotopic (exact) mass is 285 g/mol. The molecular weight excluding hydrogens is 270 g/mol. The summed E-state index contributed by atoms with van der Waals surface area (Å²) in [6.07, 6.45) is 3.90. The highest BCUT2D eigenvalue weighted by Gasteiger charge is 2.18. The zero-order valence-electron chi connectivity index (χ0n) is 9.08. The largest absolute Gasteiger partial charge is 0.493 e. The minimum absolute atomic E-state index is 0.402. The summed E-state index contributed by atoms with van der Waals surface area (Å²) in [6.45, 7) is 1.19. The number of rotatable bonds is 5. The van der Waals surface area contributed by atoms with Crippen molar-refractivity contribution in [3.63, 3.8) is 0 Å². The minimum atomic E-state index is 0.402. The first-order chi connectivity index (χ1) is 7.79. The fourth-order valence-electron chi connectivity index (χ4n) is 1.78. The first-order valence-corrected chi connectivity index (χ1v) is 6.37. The summed E-state index contributed by atoms with van der Waals surface area (Å²) in [5, 5.41) is 8.75. The molecule has 1 aromatic carbocycles. The van der Waals surface area contributed by atoms with Gasteiger partial charge in [-0.05, 0) is 37.0 Å². The van der Waals surface area contributed by atoms with Crippen molar-refractivity contribution in [3.8, 4) is 5.75 Å². The maximum atomic E-state index is 8.75. The van der Waals surface area contributed by atoms with Gasteiger partial charge in [-0.1, -0.05) is 22.4 Å². The third-order valence-electron chi connectivity index (χ3n) is 2.99. The fraction of sp³-hybridized carbons (Fsp3) is 0.500. The first kappa shape index (κ1) is 11.9. The standard InChI is InChI=1S/C12H16BrNO2/c13-11-4-5-12(10(6-11)7-14-15)16-8-9-2-1-3-9/h4-6,9,14-15H,1-3,7-8H2. The minimum Gasteiger partial charge on any atom is -0.493 e. The molecular formula is C12H16BrNO2. The van der Waals surface area contributed by atoms with Crippen LogP contribution < -0.4 is 10.2 Å². The highest BCUT2D eigenvalue weighted by atomic mass is 79.9. The van der Waals surface area contributed by atoms with Gasteiger partial charge in [0, 0.05) is 16.6 Å². The molecule has 0 unspecified atom stereocenters. The molecule has 2 N–H and O–H groups in total. The van der Waals surface area contributed by atoms with Crippen molar-refractivity contribution in [1.82, 2.24) is 5.48 Å².